The highest BCUT2D eigenvalue weighted by Crippen LogP contribution is 2.51. The van der Waals surface area contributed by atoms with E-state index in [1.54, 1.807) is 40.1 Å². The Morgan fingerprint density at radius 3 is 2.51 bits per heavy atom. The number of carbonyl (C=O) groups is 2. The minimum Gasteiger partial charge on any atom is -0.481 e. The molecule has 0 aromatic carbocycles. The van der Waals surface area contributed by atoms with E-state index < -0.39 is 12.0 Å². The maximum Gasteiger partial charge on any atom is 0.270 e. The number of aromatic nitrogens is 5. The second-order valence-corrected chi connectivity index (χ2v) is 10.2. The quantitative estimate of drug-likeness (QED) is 0.383. The molecule has 37 heavy (non-hydrogen) atoms. The molecule has 3 heterocycles. The summed E-state index contributed by atoms with van der Waals surface area (Å²) in [4.78, 5) is 30.6. The second-order valence-electron chi connectivity index (χ2n) is 10.2. The summed E-state index contributed by atoms with van der Waals surface area (Å²) in [5.74, 6) is -0.0124. The Bertz CT molecular complexity index is 1270. The number of amides is 2. The van der Waals surface area contributed by atoms with E-state index in [-0.39, 0.29) is 29.7 Å². The number of hydrogen-bond donors (Lipinski definition) is 2. The normalized spacial score (nSPS) is 16.2. The Hall–Kier alpha value is -3.76. The standard InChI is InChI=1S/C26H32FN7O3/c1-15(2)34-20(10-11-28-34)24(35)32-23(22(16-4-5-16)17-6-7-17)25(36)30-19-12-29-33(14-19)13-18-8-9-21(27)31-26(18)37-3/h8-12,14-17,22-23H,4-7,13H2,1-3H3,(H,30,36)(H,32,35)/t23-/m0/s1. The molecule has 0 unspecified atom stereocenters. The van der Waals surface area contributed by atoms with Gasteiger partial charge in [-0.05, 0) is 75.5 Å². The summed E-state index contributed by atoms with van der Waals surface area (Å²) in [6.45, 7) is 4.21. The van der Waals surface area contributed by atoms with E-state index in [0.29, 0.717) is 35.3 Å². The number of methoxy groups -OCH3 is 1. The summed E-state index contributed by atoms with van der Waals surface area (Å²) in [6.07, 6.45) is 9.16. The molecule has 0 saturated heterocycles. The molecule has 196 valence electrons. The van der Waals surface area contributed by atoms with Crippen LogP contribution in [0.15, 0.2) is 36.8 Å². The van der Waals surface area contributed by atoms with Crippen LogP contribution in [0.3, 0.4) is 0 Å². The summed E-state index contributed by atoms with van der Waals surface area (Å²) in [5, 5.41) is 14.6. The van der Waals surface area contributed by atoms with E-state index in [2.05, 4.69) is 25.8 Å². The van der Waals surface area contributed by atoms with Gasteiger partial charge in [0.15, 0.2) is 0 Å². The first kappa shape index (κ1) is 24.9. The third-order valence-corrected chi connectivity index (χ3v) is 7.01. The fourth-order valence-corrected chi connectivity index (χ4v) is 5.00. The third kappa shape index (κ3) is 5.65. The van der Waals surface area contributed by atoms with Gasteiger partial charge in [-0.1, -0.05) is 0 Å². The fraction of sp³-hybridized carbons (Fsp3) is 0.500. The van der Waals surface area contributed by atoms with Crippen LogP contribution >= 0.6 is 0 Å². The van der Waals surface area contributed by atoms with E-state index >= 15 is 0 Å². The number of anilines is 1. The van der Waals surface area contributed by atoms with Crippen LogP contribution in [0, 0.1) is 23.7 Å². The minimum atomic E-state index is -0.659. The first-order valence-electron chi connectivity index (χ1n) is 12.7. The predicted octanol–water partition coefficient (Wildman–Crippen LogP) is 3.42. The average molecular weight is 510 g/mol. The Balaban J connectivity index is 1.32. The van der Waals surface area contributed by atoms with Gasteiger partial charge in [-0.2, -0.15) is 19.6 Å². The number of ether oxygens (including phenoxy) is 1. The number of pyridine rings is 1. The number of nitrogens with zero attached hydrogens (tertiary/aromatic N) is 5. The van der Waals surface area contributed by atoms with Crippen molar-refractivity contribution in [2.24, 2.45) is 17.8 Å². The molecule has 0 bridgehead atoms. The molecular formula is C26H32FN7O3. The zero-order valence-electron chi connectivity index (χ0n) is 21.2. The van der Waals surface area contributed by atoms with Crippen molar-refractivity contribution in [2.75, 3.05) is 12.4 Å². The lowest BCUT2D eigenvalue weighted by molar-refractivity contribution is -0.119. The highest BCUT2D eigenvalue weighted by molar-refractivity contribution is 6.00. The van der Waals surface area contributed by atoms with Gasteiger partial charge in [0.2, 0.25) is 17.7 Å². The van der Waals surface area contributed by atoms with Crippen molar-refractivity contribution >= 4 is 17.5 Å². The maximum atomic E-state index is 13.6. The molecule has 2 aliphatic rings. The Morgan fingerprint density at radius 2 is 1.86 bits per heavy atom. The van der Waals surface area contributed by atoms with Gasteiger partial charge in [0.05, 0.1) is 25.5 Å². The van der Waals surface area contributed by atoms with Crippen LogP contribution < -0.4 is 15.4 Å². The molecule has 0 aliphatic heterocycles. The molecule has 1 atom stereocenters. The second kappa shape index (κ2) is 10.3. The van der Waals surface area contributed by atoms with Gasteiger partial charge in [0.25, 0.3) is 5.91 Å². The molecule has 2 N–H and O–H groups in total. The minimum absolute atomic E-state index is 0.0199. The highest BCUT2D eigenvalue weighted by atomic mass is 19.1. The lowest BCUT2D eigenvalue weighted by Gasteiger charge is -2.27. The Labute approximate surface area is 214 Å². The monoisotopic (exact) mass is 509 g/mol. The zero-order valence-corrected chi connectivity index (χ0v) is 21.2. The van der Waals surface area contributed by atoms with E-state index in [1.165, 1.54) is 13.2 Å². The van der Waals surface area contributed by atoms with E-state index in [9.17, 15) is 14.0 Å². The molecule has 10 nitrogen and oxygen atoms in total. The van der Waals surface area contributed by atoms with E-state index in [0.717, 1.165) is 25.7 Å². The number of rotatable bonds is 11. The molecule has 2 saturated carbocycles. The van der Waals surface area contributed by atoms with Crippen LogP contribution in [0.4, 0.5) is 10.1 Å². The van der Waals surface area contributed by atoms with Crippen molar-refractivity contribution in [1.82, 2.24) is 29.9 Å². The first-order valence-corrected chi connectivity index (χ1v) is 12.7. The summed E-state index contributed by atoms with van der Waals surface area (Å²) in [5.41, 5.74) is 1.60. The summed E-state index contributed by atoms with van der Waals surface area (Å²) >= 11 is 0. The lowest BCUT2D eigenvalue weighted by atomic mass is 9.88. The lowest BCUT2D eigenvalue weighted by Crippen LogP contribution is -2.50. The summed E-state index contributed by atoms with van der Waals surface area (Å²) < 4.78 is 21.9. The van der Waals surface area contributed by atoms with Crippen LogP contribution in [-0.2, 0) is 11.3 Å². The molecule has 2 amide bonds. The van der Waals surface area contributed by atoms with Gasteiger partial charge in [-0.25, -0.2) is 0 Å². The smallest absolute Gasteiger partial charge is 0.270 e. The number of nitrogens with one attached hydrogen (secondary N) is 2. The Kier molecular flexibility index (Phi) is 6.94. The van der Waals surface area contributed by atoms with Crippen molar-refractivity contribution in [3.63, 3.8) is 0 Å². The van der Waals surface area contributed by atoms with Crippen molar-refractivity contribution in [3.05, 3.63) is 54.0 Å². The third-order valence-electron chi connectivity index (χ3n) is 7.01. The number of halogens is 1. The van der Waals surface area contributed by atoms with Gasteiger partial charge in [-0.15, -0.1) is 0 Å². The molecular weight excluding hydrogens is 477 g/mol. The molecule has 3 aromatic rings. The van der Waals surface area contributed by atoms with Crippen LogP contribution in [0.2, 0.25) is 0 Å². The van der Waals surface area contributed by atoms with Gasteiger partial charge in [0, 0.05) is 24.0 Å². The first-order chi connectivity index (χ1) is 17.8. The highest BCUT2D eigenvalue weighted by Gasteiger charge is 2.48. The fourth-order valence-electron chi connectivity index (χ4n) is 5.00. The molecule has 2 fully saturated rings. The van der Waals surface area contributed by atoms with Crippen molar-refractivity contribution < 1.29 is 18.7 Å². The van der Waals surface area contributed by atoms with E-state index in [1.807, 2.05) is 13.8 Å². The Morgan fingerprint density at radius 1 is 1.14 bits per heavy atom. The van der Waals surface area contributed by atoms with Gasteiger partial charge in [0.1, 0.15) is 11.7 Å². The van der Waals surface area contributed by atoms with Crippen LogP contribution in [0.1, 0.15) is 61.6 Å². The molecule has 11 heteroatoms. The molecule has 0 radical (unpaired) electrons. The molecule has 3 aromatic heterocycles. The average Bonchev–Trinajstić information content (AvgIpc) is 3.79. The SMILES string of the molecule is COc1nc(F)ccc1Cn1cc(NC(=O)[C@@H](NC(=O)c2ccnn2C(C)C)C(C2CC2)C2CC2)cn1. The van der Waals surface area contributed by atoms with Crippen LogP contribution in [0.25, 0.3) is 0 Å². The summed E-state index contributed by atoms with van der Waals surface area (Å²) in [6, 6.07) is 3.89. The van der Waals surface area contributed by atoms with Gasteiger partial charge in [-0.3, -0.25) is 19.0 Å². The number of carbonyl (C=O) groups excluding carboxylic acids is 2. The number of hydrogen-bond acceptors (Lipinski definition) is 6. The van der Waals surface area contributed by atoms with Crippen molar-refractivity contribution in [1.29, 1.82) is 0 Å². The zero-order chi connectivity index (χ0) is 26.1. The molecule has 2 aliphatic carbocycles. The topological polar surface area (TPSA) is 116 Å². The van der Waals surface area contributed by atoms with Crippen molar-refractivity contribution in [3.8, 4) is 5.88 Å². The largest absolute Gasteiger partial charge is 0.481 e. The summed E-state index contributed by atoms with van der Waals surface area (Å²) in [7, 11) is 1.43. The van der Waals surface area contributed by atoms with Gasteiger partial charge < -0.3 is 15.4 Å². The van der Waals surface area contributed by atoms with Gasteiger partial charge >= 0.3 is 0 Å². The van der Waals surface area contributed by atoms with E-state index in [4.69, 9.17) is 4.74 Å². The molecule has 5 rings (SSSR count). The molecule has 0 spiro atoms. The predicted molar refractivity (Wildman–Crippen MR) is 134 cm³/mol. The van der Waals surface area contributed by atoms with Crippen LogP contribution in [-0.4, -0.2) is 49.5 Å². The van der Waals surface area contributed by atoms with Crippen molar-refractivity contribution in [2.45, 2.75) is 58.2 Å². The maximum absolute atomic E-state index is 13.6. The van der Waals surface area contributed by atoms with Crippen LogP contribution in [0.5, 0.6) is 5.88 Å².